The summed E-state index contributed by atoms with van der Waals surface area (Å²) < 4.78 is 19.2. The Kier molecular flexibility index (Phi) is 5.31. The molecule has 0 unspecified atom stereocenters. The number of ether oxygens (including phenoxy) is 1. The maximum atomic E-state index is 13.4. The average Bonchev–Trinajstić information content (AvgIpc) is 2.88. The zero-order chi connectivity index (χ0) is 17.8. The van der Waals surface area contributed by atoms with E-state index in [1.807, 2.05) is 24.3 Å². The molecule has 2 aromatic carbocycles. The van der Waals surface area contributed by atoms with Gasteiger partial charge >= 0.3 is 0 Å². The highest BCUT2D eigenvalue weighted by Crippen LogP contribution is 2.36. The van der Waals surface area contributed by atoms with Crippen LogP contribution in [-0.4, -0.2) is 16.8 Å². The SMILES string of the molecule is C=CCOc1ccc(/C=C2/SC(=S)N(c3cccc(F)c3)C2=O)cc1. The summed E-state index contributed by atoms with van der Waals surface area (Å²) in [7, 11) is 0. The summed E-state index contributed by atoms with van der Waals surface area (Å²) >= 11 is 6.48. The fourth-order valence-corrected chi connectivity index (χ4v) is 3.57. The third kappa shape index (κ3) is 3.97. The van der Waals surface area contributed by atoms with Gasteiger partial charge in [0.25, 0.3) is 5.91 Å². The molecule has 0 aliphatic carbocycles. The normalized spacial score (nSPS) is 15.7. The Morgan fingerprint density at radius 3 is 2.68 bits per heavy atom. The number of carbonyl (C=O) groups excluding carboxylic acids is 1. The molecule has 1 aliphatic rings. The van der Waals surface area contributed by atoms with Crippen molar-refractivity contribution in [2.75, 3.05) is 11.5 Å². The van der Waals surface area contributed by atoms with Crippen LogP contribution in [0.15, 0.2) is 66.1 Å². The number of carbonyl (C=O) groups is 1. The van der Waals surface area contributed by atoms with Gasteiger partial charge < -0.3 is 4.74 Å². The van der Waals surface area contributed by atoms with Gasteiger partial charge in [0.15, 0.2) is 4.32 Å². The first-order valence-corrected chi connectivity index (χ1v) is 8.68. The number of nitrogens with zero attached hydrogens (tertiary/aromatic N) is 1. The van der Waals surface area contributed by atoms with Crippen molar-refractivity contribution in [1.29, 1.82) is 0 Å². The molecule has 1 aliphatic heterocycles. The lowest BCUT2D eigenvalue weighted by atomic mass is 10.2. The van der Waals surface area contributed by atoms with Crippen molar-refractivity contribution in [3.05, 3.63) is 77.5 Å². The third-order valence-corrected chi connectivity index (χ3v) is 4.71. The lowest BCUT2D eigenvalue weighted by Crippen LogP contribution is -2.27. The van der Waals surface area contributed by atoms with E-state index in [9.17, 15) is 9.18 Å². The van der Waals surface area contributed by atoms with Crippen LogP contribution < -0.4 is 9.64 Å². The standard InChI is InChI=1S/C19H14FNO2S2/c1-2-10-23-16-8-6-13(7-9-16)11-17-18(22)21(19(24)25-17)15-5-3-4-14(20)12-15/h2-9,11-12H,1,10H2/b17-11+. The molecule has 0 atom stereocenters. The van der Waals surface area contributed by atoms with Crippen LogP contribution in [0.5, 0.6) is 5.75 Å². The van der Waals surface area contributed by atoms with Crippen molar-refractivity contribution >= 4 is 46.0 Å². The molecule has 126 valence electrons. The number of hydrogen-bond donors (Lipinski definition) is 0. The molecule has 3 nitrogen and oxygen atoms in total. The molecule has 1 amide bonds. The van der Waals surface area contributed by atoms with Crippen LogP contribution in [0.2, 0.25) is 0 Å². The van der Waals surface area contributed by atoms with Gasteiger partial charge in [0.2, 0.25) is 0 Å². The molecule has 6 heteroatoms. The smallest absolute Gasteiger partial charge is 0.270 e. The zero-order valence-electron chi connectivity index (χ0n) is 13.1. The minimum atomic E-state index is -0.411. The molecule has 0 saturated carbocycles. The van der Waals surface area contributed by atoms with Gasteiger partial charge in [-0.2, -0.15) is 0 Å². The Labute approximate surface area is 154 Å². The number of halogens is 1. The number of rotatable bonds is 5. The number of benzene rings is 2. The summed E-state index contributed by atoms with van der Waals surface area (Å²) in [5.74, 6) is 0.0580. The number of hydrogen-bond acceptors (Lipinski definition) is 4. The lowest BCUT2D eigenvalue weighted by molar-refractivity contribution is -0.113. The summed E-state index contributed by atoms with van der Waals surface area (Å²) in [5, 5.41) is 0. The van der Waals surface area contributed by atoms with Gasteiger partial charge in [0.1, 0.15) is 18.2 Å². The van der Waals surface area contributed by atoms with E-state index >= 15 is 0 Å². The van der Waals surface area contributed by atoms with Gasteiger partial charge in [-0.15, -0.1) is 0 Å². The van der Waals surface area contributed by atoms with Crippen LogP contribution in [0.4, 0.5) is 10.1 Å². The third-order valence-electron chi connectivity index (χ3n) is 3.41. The van der Waals surface area contributed by atoms with Crippen LogP contribution in [0, 0.1) is 5.82 Å². The van der Waals surface area contributed by atoms with Crippen molar-refractivity contribution in [3.63, 3.8) is 0 Å². The van der Waals surface area contributed by atoms with E-state index in [1.165, 1.54) is 28.8 Å². The molecule has 1 heterocycles. The second-order valence-electron chi connectivity index (χ2n) is 5.17. The van der Waals surface area contributed by atoms with E-state index in [4.69, 9.17) is 17.0 Å². The molecule has 0 spiro atoms. The first-order valence-electron chi connectivity index (χ1n) is 7.46. The summed E-state index contributed by atoms with van der Waals surface area (Å²) in [6.45, 7) is 4.04. The Morgan fingerprint density at radius 2 is 2.00 bits per heavy atom. The Hall–Kier alpha value is -2.44. The molecule has 1 saturated heterocycles. The van der Waals surface area contributed by atoms with Gasteiger partial charge in [-0.25, -0.2) is 4.39 Å². The lowest BCUT2D eigenvalue weighted by Gasteiger charge is -2.14. The van der Waals surface area contributed by atoms with E-state index < -0.39 is 5.82 Å². The molecule has 0 aromatic heterocycles. The van der Waals surface area contributed by atoms with E-state index in [-0.39, 0.29) is 5.91 Å². The first kappa shape index (κ1) is 17.4. The van der Waals surface area contributed by atoms with Crippen molar-refractivity contribution in [3.8, 4) is 5.75 Å². The minimum absolute atomic E-state index is 0.257. The predicted octanol–water partition coefficient (Wildman–Crippen LogP) is 4.80. The Balaban J connectivity index is 1.81. The molecule has 3 rings (SSSR count). The maximum Gasteiger partial charge on any atom is 0.270 e. The second-order valence-corrected chi connectivity index (χ2v) is 6.84. The summed E-state index contributed by atoms with van der Waals surface area (Å²) in [5.41, 5.74) is 1.28. The molecule has 0 radical (unpaired) electrons. The fraction of sp³-hybridized carbons (Fsp3) is 0.0526. The van der Waals surface area contributed by atoms with Crippen LogP contribution >= 0.6 is 24.0 Å². The molecule has 25 heavy (non-hydrogen) atoms. The molecule has 2 aromatic rings. The van der Waals surface area contributed by atoms with Gasteiger partial charge in [-0.3, -0.25) is 9.69 Å². The first-order chi connectivity index (χ1) is 12.1. The topological polar surface area (TPSA) is 29.5 Å². The predicted molar refractivity (Wildman–Crippen MR) is 104 cm³/mol. The highest BCUT2D eigenvalue weighted by atomic mass is 32.2. The number of thioether (sulfide) groups is 1. The molecular formula is C19H14FNO2S2. The van der Waals surface area contributed by atoms with Crippen LogP contribution in [0.1, 0.15) is 5.56 Å². The Bertz CT molecular complexity index is 862. The van der Waals surface area contributed by atoms with Gasteiger partial charge in [0.05, 0.1) is 10.6 Å². The highest BCUT2D eigenvalue weighted by Gasteiger charge is 2.33. The van der Waals surface area contributed by atoms with E-state index in [0.29, 0.717) is 21.5 Å². The van der Waals surface area contributed by atoms with Crippen LogP contribution in [0.25, 0.3) is 6.08 Å². The van der Waals surface area contributed by atoms with Gasteiger partial charge in [-0.1, -0.05) is 54.8 Å². The number of anilines is 1. The fourth-order valence-electron chi connectivity index (χ4n) is 2.27. The molecule has 1 fully saturated rings. The van der Waals surface area contributed by atoms with E-state index in [2.05, 4.69) is 6.58 Å². The van der Waals surface area contributed by atoms with Crippen LogP contribution in [-0.2, 0) is 4.79 Å². The number of thiocarbonyl (C=S) groups is 1. The van der Waals surface area contributed by atoms with Gasteiger partial charge in [0, 0.05) is 0 Å². The summed E-state index contributed by atoms with van der Waals surface area (Å²) in [6.07, 6.45) is 3.43. The summed E-state index contributed by atoms with van der Waals surface area (Å²) in [4.78, 5) is 14.5. The monoisotopic (exact) mass is 371 g/mol. The number of amides is 1. The van der Waals surface area contributed by atoms with Crippen molar-refractivity contribution in [2.45, 2.75) is 0 Å². The molecular weight excluding hydrogens is 357 g/mol. The largest absolute Gasteiger partial charge is 0.490 e. The molecule has 0 bridgehead atoms. The quantitative estimate of drug-likeness (QED) is 0.429. The van der Waals surface area contributed by atoms with Crippen molar-refractivity contribution < 1.29 is 13.9 Å². The summed E-state index contributed by atoms with van der Waals surface area (Å²) in [6, 6.07) is 13.2. The van der Waals surface area contributed by atoms with Crippen molar-refractivity contribution in [1.82, 2.24) is 0 Å². The Morgan fingerprint density at radius 1 is 1.24 bits per heavy atom. The van der Waals surface area contributed by atoms with Crippen molar-refractivity contribution in [2.24, 2.45) is 0 Å². The average molecular weight is 371 g/mol. The zero-order valence-corrected chi connectivity index (χ0v) is 14.8. The minimum Gasteiger partial charge on any atom is -0.490 e. The van der Waals surface area contributed by atoms with E-state index in [1.54, 1.807) is 24.3 Å². The van der Waals surface area contributed by atoms with Gasteiger partial charge in [-0.05, 0) is 42.0 Å². The maximum absolute atomic E-state index is 13.4. The van der Waals surface area contributed by atoms with E-state index in [0.717, 1.165) is 11.3 Å². The highest BCUT2D eigenvalue weighted by molar-refractivity contribution is 8.27. The second kappa shape index (κ2) is 7.63. The molecule has 0 N–H and O–H groups in total. The van der Waals surface area contributed by atoms with Crippen LogP contribution in [0.3, 0.4) is 0 Å².